The Balaban J connectivity index is 2.35. The van der Waals surface area contributed by atoms with Crippen molar-refractivity contribution in [2.24, 2.45) is 0 Å². The van der Waals surface area contributed by atoms with Crippen LogP contribution in [0.15, 0.2) is 27.5 Å². The average Bonchev–Trinajstić information content (AvgIpc) is 2.77. The van der Waals surface area contributed by atoms with E-state index >= 15 is 0 Å². The molecule has 0 saturated carbocycles. The number of hydrogen-bond acceptors (Lipinski definition) is 4. The highest BCUT2D eigenvalue weighted by molar-refractivity contribution is 6.20. The summed E-state index contributed by atoms with van der Waals surface area (Å²) >= 11 is 5.97. The van der Waals surface area contributed by atoms with Crippen molar-refractivity contribution >= 4 is 11.6 Å². The number of pyridine rings is 1. The molecule has 0 bridgehead atoms. The van der Waals surface area contributed by atoms with Crippen molar-refractivity contribution in [3.63, 3.8) is 0 Å². The number of aromatic amines is 1. The molecule has 2 heterocycles. The van der Waals surface area contributed by atoms with Crippen molar-refractivity contribution in [2.45, 2.75) is 18.7 Å². The van der Waals surface area contributed by atoms with Crippen LogP contribution in [0.25, 0.3) is 11.6 Å². The van der Waals surface area contributed by atoms with Crippen molar-refractivity contribution in [1.29, 1.82) is 0 Å². The summed E-state index contributed by atoms with van der Waals surface area (Å²) in [6, 6.07) is 4.72. The van der Waals surface area contributed by atoms with Gasteiger partial charge < -0.3 is 9.51 Å². The maximum atomic E-state index is 11.1. The van der Waals surface area contributed by atoms with Crippen molar-refractivity contribution in [3.8, 4) is 11.6 Å². The van der Waals surface area contributed by atoms with Crippen LogP contribution in [0.5, 0.6) is 0 Å². The quantitative estimate of drug-likeness (QED) is 0.833. The normalized spacial score (nSPS) is 12.6. The number of nitrogens with zero attached hydrogens (tertiary/aromatic N) is 2. The molecule has 16 heavy (non-hydrogen) atoms. The summed E-state index contributed by atoms with van der Waals surface area (Å²) in [5.41, 5.74) is 0.279. The van der Waals surface area contributed by atoms with Crippen LogP contribution in [0, 0.1) is 0 Å². The van der Waals surface area contributed by atoms with Crippen LogP contribution in [0.1, 0.15) is 24.5 Å². The predicted molar refractivity (Wildman–Crippen MR) is 59.2 cm³/mol. The van der Waals surface area contributed by atoms with Gasteiger partial charge in [-0.05, 0) is 12.5 Å². The van der Waals surface area contributed by atoms with Crippen LogP contribution in [-0.4, -0.2) is 15.1 Å². The minimum Gasteiger partial charge on any atom is -0.332 e. The van der Waals surface area contributed by atoms with E-state index in [-0.39, 0.29) is 16.8 Å². The van der Waals surface area contributed by atoms with E-state index in [2.05, 4.69) is 15.1 Å². The molecule has 0 amide bonds. The van der Waals surface area contributed by atoms with E-state index in [4.69, 9.17) is 16.1 Å². The molecular formula is C10H10ClN3O2. The summed E-state index contributed by atoms with van der Waals surface area (Å²) in [5, 5.41) is 3.48. The van der Waals surface area contributed by atoms with Gasteiger partial charge in [0.05, 0.1) is 5.38 Å². The fraction of sp³-hybridized carbons (Fsp3) is 0.300. The average molecular weight is 240 g/mol. The number of alkyl halides is 1. The van der Waals surface area contributed by atoms with Gasteiger partial charge in [0.25, 0.3) is 5.89 Å². The minimum atomic E-state index is -0.270. The zero-order valence-corrected chi connectivity index (χ0v) is 9.36. The number of hydrogen-bond donors (Lipinski definition) is 1. The van der Waals surface area contributed by atoms with E-state index in [1.807, 2.05) is 6.92 Å². The van der Waals surface area contributed by atoms with E-state index in [1.54, 1.807) is 12.1 Å². The molecule has 1 atom stereocenters. The van der Waals surface area contributed by atoms with Gasteiger partial charge in [-0.3, -0.25) is 4.79 Å². The first-order chi connectivity index (χ1) is 7.70. The Labute approximate surface area is 96.5 Å². The van der Waals surface area contributed by atoms with Crippen LogP contribution < -0.4 is 5.56 Å². The highest BCUT2D eigenvalue weighted by Crippen LogP contribution is 2.22. The summed E-state index contributed by atoms with van der Waals surface area (Å²) in [4.78, 5) is 17.8. The first-order valence-corrected chi connectivity index (χ1v) is 5.31. The standard InChI is InChI=1S/C10H10ClN3O2/c1-2-6(11)9-13-10(16-14-9)7-4-3-5-8(15)12-7/h3-6H,2H2,1H3,(H,12,15). The molecule has 84 valence electrons. The van der Waals surface area contributed by atoms with Crippen LogP contribution >= 0.6 is 11.6 Å². The van der Waals surface area contributed by atoms with Gasteiger partial charge in [0, 0.05) is 6.07 Å². The Morgan fingerprint density at radius 2 is 2.38 bits per heavy atom. The zero-order valence-electron chi connectivity index (χ0n) is 8.61. The van der Waals surface area contributed by atoms with Gasteiger partial charge in [-0.1, -0.05) is 18.1 Å². The van der Waals surface area contributed by atoms with E-state index < -0.39 is 0 Å². The number of aromatic nitrogens is 3. The Kier molecular flexibility index (Phi) is 3.05. The summed E-state index contributed by atoms with van der Waals surface area (Å²) in [5.74, 6) is 0.704. The van der Waals surface area contributed by atoms with Crippen LogP contribution in [0.2, 0.25) is 0 Å². The molecule has 5 nitrogen and oxygen atoms in total. The molecular weight excluding hydrogens is 230 g/mol. The maximum absolute atomic E-state index is 11.1. The lowest BCUT2D eigenvalue weighted by atomic mass is 10.3. The van der Waals surface area contributed by atoms with Crippen molar-refractivity contribution in [3.05, 3.63) is 34.4 Å². The van der Waals surface area contributed by atoms with Gasteiger partial charge in [0.15, 0.2) is 5.82 Å². The molecule has 0 spiro atoms. The molecule has 0 aliphatic heterocycles. The topological polar surface area (TPSA) is 71.8 Å². The molecule has 1 N–H and O–H groups in total. The minimum absolute atomic E-state index is 0.213. The molecule has 0 fully saturated rings. The molecule has 6 heteroatoms. The predicted octanol–water partition coefficient (Wildman–Crippen LogP) is 2.11. The van der Waals surface area contributed by atoms with Gasteiger partial charge in [0.1, 0.15) is 5.69 Å². The van der Waals surface area contributed by atoms with Crippen LogP contribution in [0.3, 0.4) is 0 Å². The first-order valence-electron chi connectivity index (χ1n) is 4.88. The van der Waals surface area contributed by atoms with Gasteiger partial charge in [-0.15, -0.1) is 11.6 Å². The number of halogens is 1. The highest BCUT2D eigenvalue weighted by atomic mass is 35.5. The third-order valence-corrected chi connectivity index (χ3v) is 2.58. The van der Waals surface area contributed by atoms with Crippen molar-refractivity contribution in [1.82, 2.24) is 15.1 Å². The molecule has 0 aliphatic carbocycles. The van der Waals surface area contributed by atoms with E-state index in [1.165, 1.54) is 6.07 Å². The fourth-order valence-electron chi connectivity index (χ4n) is 1.23. The van der Waals surface area contributed by atoms with E-state index in [0.717, 1.165) is 0 Å². The highest BCUT2D eigenvalue weighted by Gasteiger charge is 2.15. The first kappa shape index (κ1) is 10.9. The summed E-state index contributed by atoms with van der Waals surface area (Å²) in [6.07, 6.45) is 0.714. The fourth-order valence-corrected chi connectivity index (χ4v) is 1.32. The smallest absolute Gasteiger partial charge is 0.274 e. The number of H-pyrrole nitrogens is 1. The molecule has 0 aliphatic rings. The molecule has 0 saturated heterocycles. The molecule has 0 radical (unpaired) electrons. The summed E-state index contributed by atoms with van der Waals surface area (Å²) < 4.78 is 5.01. The van der Waals surface area contributed by atoms with Crippen LogP contribution in [-0.2, 0) is 0 Å². The summed E-state index contributed by atoms with van der Waals surface area (Å²) in [6.45, 7) is 1.93. The van der Waals surface area contributed by atoms with Gasteiger partial charge in [0.2, 0.25) is 5.56 Å². The lowest BCUT2D eigenvalue weighted by Gasteiger charge is -1.96. The Hall–Kier alpha value is -1.62. The summed E-state index contributed by atoms with van der Waals surface area (Å²) in [7, 11) is 0. The van der Waals surface area contributed by atoms with Gasteiger partial charge in [-0.25, -0.2) is 0 Å². The second-order valence-electron chi connectivity index (χ2n) is 3.26. The molecule has 2 aromatic heterocycles. The largest absolute Gasteiger partial charge is 0.332 e. The third kappa shape index (κ3) is 2.14. The monoisotopic (exact) mass is 239 g/mol. The Morgan fingerprint density at radius 1 is 1.56 bits per heavy atom. The molecule has 2 rings (SSSR count). The molecule has 2 aromatic rings. The van der Waals surface area contributed by atoms with E-state index in [0.29, 0.717) is 17.9 Å². The maximum Gasteiger partial charge on any atom is 0.274 e. The lowest BCUT2D eigenvalue weighted by Crippen LogP contribution is -2.03. The van der Waals surface area contributed by atoms with E-state index in [9.17, 15) is 4.79 Å². The zero-order chi connectivity index (χ0) is 11.5. The van der Waals surface area contributed by atoms with Crippen molar-refractivity contribution < 1.29 is 4.52 Å². The SMILES string of the molecule is CCC(Cl)c1noc(-c2cccc(=O)[nH]2)n1. The Bertz CT molecular complexity index is 535. The number of nitrogens with one attached hydrogen (secondary N) is 1. The number of rotatable bonds is 3. The van der Waals surface area contributed by atoms with Crippen molar-refractivity contribution in [2.75, 3.05) is 0 Å². The Morgan fingerprint density at radius 3 is 3.06 bits per heavy atom. The second-order valence-corrected chi connectivity index (χ2v) is 3.79. The third-order valence-electron chi connectivity index (χ3n) is 2.08. The van der Waals surface area contributed by atoms with Crippen LogP contribution in [0.4, 0.5) is 0 Å². The molecule has 1 unspecified atom stereocenters. The molecule has 0 aromatic carbocycles. The lowest BCUT2D eigenvalue weighted by molar-refractivity contribution is 0.420. The second kappa shape index (κ2) is 4.49. The van der Waals surface area contributed by atoms with Gasteiger partial charge in [-0.2, -0.15) is 4.98 Å². The van der Waals surface area contributed by atoms with Gasteiger partial charge >= 0.3 is 0 Å².